The predicted octanol–water partition coefficient (Wildman–Crippen LogP) is 3.40. The van der Waals surface area contributed by atoms with Crippen molar-refractivity contribution in [3.63, 3.8) is 0 Å². The summed E-state index contributed by atoms with van der Waals surface area (Å²) >= 11 is 0. The van der Waals surface area contributed by atoms with Gasteiger partial charge in [0.2, 0.25) is 0 Å². The van der Waals surface area contributed by atoms with E-state index >= 15 is 0 Å². The summed E-state index contributed by atoms with van der Waals surface area (Å²) in [5.41, 5.74) is 2.79. The first-order valence-electron chi connectivity index (χ1n) is 6.17. The van der Waals surface area contributed by atoms with Gasteiger partial charge in [-0.15, -0.1) is 0 Å². The third-order valence-electron chi connectivity index (χ3n) is 3.60. The Bertz CT molecular complexity index is 354. The second kappa shape index (κ2) is 4.08. The number of nitrogens with zero attached hydrogens (tertiary/aromatic N) is 2. The summed E-state index contributed by atoms with van der Waals surface area (Å²) in [5, 5.41) is 0. The van der Waals surface area contributed by atoms with Gasteiger partial charge in [0.25, 0.3) is 0 Å². The van der Waals surface area contributed by atoms with Gasteiger partial charge in [-0.25, -0.2) is 0 Å². The van der Waals surface area contributed by atoms with E-state index in [1.54, 1.807) is 0 Å². The molecule has 1 atom stereocenters. The van der Waals surface area contributed by atoms with Gasteiger partial charge in [-0.2, -0.15) is 0 Å². The lowest BCUT2D eigenvalue weighted by Gasteiger charge is -2.43. The lowest BCUT2D eigenvalue weighted by atomic mass is 9.81. The lowest BCUT2D eigenvalue weighted by Crippen LogP contribution is -2.45. The average Bonchev–Trinajstić information content (AvgIpc) is 2.23. The molecule has 1 aromatic rings. The van der Waals surface area contributed by atoms with E-state index in [1.807, 2.05) is 13.1 Å². The highest BCUT2D eigenvalue weighted by Gasteiger charge is 2.30. The van der Waals surface area contributed by atoms with Crippen LogP contribution in [-0.2, 0) is 0 Å². The van der Waals surface area contributed by atoms with E-state index in [4.69, 9.17) is 0 Å². The minimum atomic E-state index is 0.428. The van der Waals surface area contributed by atoms with Gasteiger partial charge in [-0.05, 0) is 44.2 Å². The fourth-order valence-corrected chi connectivity index (χ4v) is 2.43. The van der Waals surface area contributed by atoms with Crippen LogP contribution in [0.25, 0.3) is 0 Å². The van der Waals surface area contributed by atoms with Gasteiger partial charge in [0.15, 0.2) is 0 Å². The van der Waals surface area contributed by atoms with E-state index in [1.165, 1.54) is 18.5 Å². The van der Waals surface area contributed by atoms with Crippen LogP contribution in [0.5, 0.6) is 0 Å². The fraction of sp³-hybridized carbons (Fsp3) is 0.643. The summed E-state index contributed by atoms with van der Waals surface area (Å²) in [4.78, 5) is 6.89. The lowest BCUT2D eigenvalue weighted by molar-refractivity contribution is 0.263. The molecule has 16 heavy (non-hydrogen) atoms. The Morgan fingerprint density at radius 3 is 2.75 bits per heavy atom. The third kappa shape index (κ3) is 2.37. The summed E-state index contributed by atoms with van der Waals surface area (Å²) in [6.07, 6.45) is 4.61. The Morgan fingerprint density at radius 1 is 1.38 bits per heavy atom. The van der Waals surface area contributed by atoms with Gasteiger partial charge >= 0.3 is 0 Å². The van der Waals surface area contributed by atoms with Gasteiger partial charge in [0.1, 0.15) is 0 Å². The molecule has 0 radical (unpaired) electrons. The van der Waals surface area contributed by atoms with Crippen LogP contribution in [0.1, 0.15) is 39.3 Å². The molecular weight excluding hydrogens is 196 g/mol. The van der Waals surface area contributed by atoms with Gasteiger partial charge in [0.05, 0.1) is 11.9 Å². The zero-order valence-corrected chi connectivity index (χ0v) is 10.8. The van der Waals surface area contributed by atoms with Crippen molar-refractivity contribution in [2.45, 2.75) is 46.6 Å². The molecule has 1 aliphatic heterocycles. The van der Waals surface area contributed by atoms with E-state index < -0.39 is 0 Å². The SMILES string of the molecule is Cc1ccc(N2CC(C)(C)CCC2C)cn1. The minimum Gasteiger partial charge on any atom is -0.367 e. The van der Waals surface area contributed by atoms with Crippen molar-refractivity contribution in [1.29, 1.82) is 0 Å². The van der Waals surface area contributed by atoms with Crippen LogP contribution in [-0.4, -0.2) is 17.6 Å². The van der Waals surface area contributed by atoms with Crippen molar-refractivity contribution in [3.8, 4) is 0 Å². The molecule has 0 amide bonds. The van der Waals surface area contributed by atoms with Gasteiger partial charge < -0.3 is 4.90 Å². The average molecular weight is 218 g/mol. The highest BCUT2D eigenvalue weighted by molar-refractivity contribution is 5.46. The molecule has 1 aromatic heterocycles. The molecule has 1 aliphatic rings. The predicted molar refractivity (Wildman–Crippen MR) is 68.8 cm³/mol. The van der Waals surface area contributed by atoms with E-state index in [2.05, 4.69) is 42.8 Å². The number of anilines is 1. The molecule has 0 aromatic carbocycles. The summed E-state index contributed by atoms with van der Waals surface area (Å²) in [6, 6.07) is 4.93. The van der Waals surface area contributed by atoms with Gasteiger partial charge in [-0.1, -0.05) is 13.8 Å². The van der Waals surface area contributed by atoms with Crippen LogP contribution in [0.4, 0.5) is 5.69 Å². The first-order valence-corrected chi connectivity index (χ1v) is 6.17. The Morgan fingerprint density at radius 2 is 2.12 bits per heavy atom. The fourth-order valence-electron chi connectivity index (χ4n) is 2.43. The molecule has 1 saturated heterocycles. The highest BCUT2D eigenvalue weighted by atomic mass is 15.2. The molecule has 0 spiro atoms. The molecule has 0 bridgehead atoms. The van der Waals surface area contributed by atoms with Crippen LogP contribution in [0.2, 0.25) is 0 Å². The van der Waals surface area contributed by atoms with Crippen LogP contribution in [0.15, 0.2) is 18.3 Å². The van der Waals surface area contributed by atoms with Crippen molar-refractivity contribution in [2.75, 3.05) is 11.4 Å². The van der Waals surface area contributed by atoms with Crippen molar-refractivity contribution in [1.82, 2.24) is 4.98 Å². The number of piperidine rings is 1. The Kier molecular flexibility index (Phi) is 2.92. The molecule has 0 N–H and O–H groups in total. The third-order valence-corrected chi connectivity index (χ3v) is 3.60. The molecule has 88 valence electrons. The molecule has 0 aliphatic carbocycles. The quantitative estimate of drug-likeness (QED) is 0.718. The zero-order chi connectivity index (χ0) is 11.8. The van der Waals surface area contributed by atoms with Crippen LogP contribution >= 0.6 is 0 Å². The highest BCUT2D eigenvalue weighted by Crippen LogP contribution is 2.34. The number of hydrogen-bond acceptors (Lipinski definition) is 2. The number of rotatable bonds is 1. The van der Waals surface area contributed by atoms with Crippen molar-refractivity contribution < 1.29 is 0 Å². The Hall–Kier alpha value is -1.05. The van der Waals surface area contributed by atoms with Crippen molar-refractivity contribution in [3.05, 3.63) is 24.0 Å². The maximum atomic E-state index is 4.39. The number of pyridine rings is 1. The second-order valence-electron chi connectivity index (χ2n) is 5.84. The van der Waals surface area contributed by atoms with Crippen LogP contribution in [0.3, 0.4) is 0 Å². The second-order valence-corrected chi connectivity index (χ2v) is 5.84. The standard InChI is InChI=1S/C14H22N2/c1-11-5-6-13(9-15-11)16-10-14(3,4)8-7-12(16)2/h5-6,9,12H,7-8,10H2,1-4H3. The number of aryl methyl sites for hydroxylation is 1. The summed E-state index contributed by atoms with van der Waals surface area (Å²) in [7, 11) is 0. The summed E-state index contributed by atoms with van der Waals surface area (Å²) in [5.74, 6) is 0. The maximum absolute atomic E-state index is 4.39. The number of aromatic nitrogens is 1. The largest absolute Gasteiger partial charge is 0.367 e. The normalized spacial score (nSPS) is 24.5. The van der Waals surface area contributed by atoms with Crippen molar-refractivity contribution >= 4 is 5.69 Å². The van der Waals surface area contributed by atoms with Crippen LogP contribution in [0, 0.1) is 12.3 Å². The minimum absolute atomic E-state index is 0.428. The molecule has 2 rings (SSSR count). The summed E-state index contributed by atoms with van der Waals surface area (Å²) < 4.78 is 0. The van der Waals surface area contributed by atoms with E-state index in [0.29, 0.717) is 11.5 Å². The monoisotopic (exact) mass is 218 g/mol. The summed E-state index contributed by atoms with van der Waals surface area (Å²) in [6.45, 7) is 10.2. The molecule has 2 heterocycles. The molecule has 1 unspecified atom stereocenters. The maximum Gasteiger partial charge on any atom is 0.0555 e. The van der Waals surface area contributed by atoms with E-state index in [9.17, 15) is 0 Å². The van der Waals surface area contributed by atoms with Gasteiger partial charge in [-0.3, -0.25) is 4.98 Å². The molecule has 1 fully saturated rings. The first-order chi connectivity index (χ1) is 7.48. The Balaban J connectivity index is 2.21. The molecule has 2 nitrogen and oxygen atoms in total. The molecule has 2 heteroatoms. The van der Waals surface area contributed by atoms with Crippen molar-refractivity contribution in [2.24, 2.45) is 5.41 Å². The first kappa shape index (κ1) is 11.4. The van der Waals surface area contributed by atoms with Crippen LogP contribution < -0.4 is 4.90 Å². The molecule has 0 saturated carbocycles. The number of hydrogen-bond donors (Lipinski definition) is 0. The van der Waals surface area contributed by atoms with E-state index in [0.717, 1.165) is 12.2 Å². The smallest absolute Gasteiger partial charge is 0.0555 e. The van der Waals surface area contributed by atoms with E-state index in [-0.39, 0.29) is 0 Å². The Labute approximate surface area is 98.7 Å². The topological polar surface area (TPSA) is 16.1 Å². The zero-order valence-electron chi connectivity index (χ0n) is 10.8. The van der Waals surface area contributed by atoms with Gasteiger partial charge in [0, 0.05) is 18.3 Å². The molecular formula is C14H22N2.